The summed E-state index contributed by atoms with van der Waals surface area (Å²) in [5, 5.41) is 1.69. The summed E-state index contributed by atoms with van der Waals surface area (Å²) in [4.78, 5) is 34.9. The summed E-state index contributed by atoms with van der Waals surface area (Å²) in [6.07, 6.45) is 0. The summed E-state index contributed by atoms with van der Waals surface area (Å²) < 4.78 is 30.5. The molecular weight excluding hydrogens is 330 g/mol. The second-order valence-electron chi connectivity index (χ2n) is 4.21. The van der Waals surface area contributed by atoms with Gasteiger partial charge in [0.15, 0.2) is 6.61 Å². The van der Waals surface area contributed by atoms with Crippen molar-refractivity contribution in [2.75, 3.05) is 6.61 Å². The van der Waals surface area contributed by atoms with Crippen molar-refractivity contribution >= 4 is 29.1 Å². The maximum Gasteiger partial charge on any atom is 0.338 e. The maximum atomic E-state index is 13.0. The van der Waals surface area contributed by atoms with Gasteiger partial charge in [-0.2, -0.15) is 0 Å². The number of ether oxygens (including phenoxy) is 1. The Bertz CT molecular complexity index is 714. The van der Waals surface area contributed by atoms with Crippen LogP contribution in [0.3, 0.4) is 0 Å². The van der Waals surface area contributed by atoms with Crippen molar-refractivity contribution in [2.45, 2.75) is 0 Å². The van der Waals surface area contributed by atoms with Crippen molar-refractivity contribution in [1.29, 1.82) is 0 Å². The Kier molecular flexibility index (Phi) is 5.36. The predicted octanol–water partition coefficient (Wildman–Crippen LogP) is 1.64. The van der Waals surface area contributed by atoms with Crippen LogP contribution in [0.25, 0.3) is 0 Å². The standard InChI is InChI=1S/C14H10F2N2O4S/c15-9-4-8(5-10(16)6-9)14(21)22-7-12(19)17-18-13(20)11-2-1-3-23-11/h1-6H,7H2,(H,17,19)(H,18,20). The fraction of sp³-hybridized carbons (Fsp3) is 0.0714. The average molecular weight is 340 g/mol. The van der Waals surface area contributed by atoms with E-state index in [0.29, 0.717) is 10.9 Å². The van der Waals surface area contributed by atoms with Crippen LogP contribution in [-0.4, -0.2) is 24.4 Å². The van der Waals surface area contributed by atoms with Crippen LogP contribution in [0.15, 0.2) is 35.7 Å². The highest BCUT2D eigenvalue weighted by Crippen LogP contribution is 2.09. The van der Waals surface area contributed by atoms with Crippen LogP contribution >= 0.6 is 11.3 Å². The van der Waals surface area contributed by atoms with Gasteiger partial charge in [-0.25, -0.2) is 13.6 Å². The maximum absolute atomic E-state index is 13.0. The molecule has 1 heterocycles. The molecule has 9 heteroatoms. The third-order valence-corrected chi connectivity index (χ3v) is 3.36. The molecule has 0 radical (unpaired) electrons. The van der Waals surface area contributed by atoms with E-state index < -0.39 is 36.0 Å². The molecular formula is C14H10F2N2O4S. The van der Waals surface area contributed by atoms with Crippen LogP contribution < -0.4 is 10.9 Å². The molecule has 0 bridgehead atoms. The predicted molar refractivity (Wildman–Crippen MR) is 76.6 cm³/mol. The van der Waals surface area contributed by atoms with E-state index in [1.807, 2.05) is 5.43 Å². The lowest BCUT2D eigenvalue weighted by Crippen LogP contribution is -2.43. The Morgan fingerprint density at radius 1 is 1.09 bits per heavy atom. The summed E-state index contributed by atoms with van der Waals surface area (Å²) in [6, 6.07) is 5.39. The fourth-order valence-corrected chi connectivity index (χ4v) is 2.14. The van der Waals surface area contributed by atoms with Gasteiger partial charge >= 0.3 is 5.97 Å². The number of hydrogen-bond acceptors (Lipinski definition) is 5. The van der Waals surface area contributed by atoms with Gasteiger partial charge in [0, 0.05) is 6.07 Å². The van der Waals surface area contributed by atoms with Gasteiger partial charge in [0.05, 0.1) is 10.4 Å². The molecule has 0 saturated carbocycles. The van der Waals surface area contributed by atoms with Gasteiger partial charge in [-0.3, -0.25) is 20.4 Å². The highest BCUT2D eigenvalue weighted by molar-refractivity contribution is 7.12. The molecule has 6 nitrogen and oxygen atoms in total. The summed E-state index contributed by atoms with van der Waals surface area (Å²) in [7, 11) is 0. The number of carbonyl (C=O) groups excluding carboxylic acids is 3. The lowest BCUT2D eigenvalue weighted by molar-refractivity contribution is -0.125. The quantitative estimate of drug-likeness (QED) is 0.655. The molecule has 1 aromatic carbocycles. The van der Waals surface area contributed by atoms with Crippen molar-refractivity contribution < 1.29 is 27.9 Å². The lowest BCUT2D eigenvalue weighted by atomic mass is 10.2. The second kappa shape index (κ2) is 7.45. The minimum atomic E-state index is -1.07. The first-order valence-electron chi connectivity index (χ1n) is 6.21. The molecule has 120 valence electrons. The van der Waals surface area contributed by atoms with Crippen molar-refractivity contribution in [1.82, 2.24) is 10.9 Å². The number of esters is 1. The van der Waals surface area contributed by atoms with E-state index in [1.165, 1.54) is 11.3 Å². The minimum absolute atomic E-state index is 0.363. The molecule has 0 atom stereocenters. The molecule has 0 fully saturated rings. The largest absolute Gasteiger partial charge is 0.452 e. The van der Waals surface area contributed by atoms with E-state index >= 15 is 0 Å². The molecule has 2 aromatic rings. The summed E-state index contributed by atoms with van der Waals surface area (Å²) in [5.74, 6) is -4.27. The van der Waals surface area contributed by atoms with E-state index in [4.69, 9.17) is 0 Å². The monoisotopic (exact) mass is 340 g/mol. The first-order valence-corrected chi connectivity index (χ1v) is 7.09. The van der Waals surface area contributed by atoms with E-state index in [-0.39, 0.29) is 5.56 Å². The highest BCUT2D eigenvalue weighted by atomic mass is 32.1. The van der Waals surface area contributed by atoms with Crippen LogP contribution in [0.2, 0.25) is 0 Å². The Labute approximate surface area is 133 Å². The summed E-state index contributed by atoms with van der Waals surface area (Å²) >= 11 is 1.18. The molecule has 0 spiro atoms. The van der Waals surface area contributed by atoms with Crippen molar-refractivity contribution in [2.24, 2.45) is 0 Å². The van der Waals surface area contributed by atoms with E-state index in [1.54, 1.807) is 17.5 Å². The van der Waals surface area contributed by atoms with Crippen molar-refractivity contribution in [3.8, 4) is 0 Å². The number of carbonyl (C=O) groups is 3. The summed E-state index contributed by atoms with van der Waals surface area (Å²) in [5.41, 5.74) is 3.81. The molecule has 2 N–H and O–H groups in total. The molecule has 2 amide bonds. The average Bonchev–Trinajstić information content (AvgIpc) is 3.03. The smallest absolute Gasteiger partial charge is 0.338 e. The molecule has 0 saturated heterocycles. The van der Waals surface area contributed by atoms with Crippen LogP contribution in [0.1, 0.15) is 20.0 Å². The molecule has 0 aliphatic carbocycles. The zero-order valence-electron chi connectivity index (χ0n) is 11.5. The van der Waals surface area contributed by atoms with Gasteiger partial charge in [0.1, 0.15) is 11.6 Å². The van der Waals surface area contributed by atoms with E-state index in [0.717, 1.165) is 12.1 Å². The topological polar surface area (TPSA) is 84.5 Å². The molecule has 0 aliphatic heterocycles. The first-order chi connectivity index (χ1) is 11.0. The SMILES string of the molecule is O=C(COC(=O)c1cc(F)cc(F)c1)NNC(=O)c1cccs1. The third kappa shape index (κ3) is 4.85. The molecule has 0 unspecified atom stereocenters. The van der Waals surface area contributed by atoms with Gasteiger partial charge < -0.3 is 4.74 Å². The number of hydrogen-bond donors (Lipinski definition) is 2. The fourth-order valence-electron chi connectivity index (χ4n) is 1.52. The Morgan fingerprint density at radius 3 is 2.39 bits per heavy atom. The molecule has 1 aromatic heterocycles. The third-order valence-electron chi connectivity index (χ3n) is 2.49. The van der Waals surface area contributed by atoms with Crippen molar-refractivity contribution in [3.05, 3.63) is 57.8 Å². The lowest BCUT2D eigenvalue weighted by Gasteiger charge is -2.07. The van der Waals surface area contributed by atoms with Crippen LogP contribution in [0.5, 0.6) is 0 Å². The van der Waals surface area contributed by atoms with Crippen molar-refractivity contribution in [3.63, 3.8) is 0 Å². The van der Waals surface area contributed by atoms with Gasteiger partial charge in [-0.15, -0.1) is 11.3 Å². The van der Waals surface area contributed by atoms with Gasteiger partial charge in [0.25, 0.3) is 11.8 Å². The number of nitrogens with one attached hydrogen (secondary N) is 2. The highest BCUT2D eigenvalue weighted by Gasteiger charge is 2.13. The molecule has 2 rings (SSSR count). The Hall–Kier alpha value is -2.81. The first kappa shape index (κ1) is 16.6. The van der Waals surface area contributed by atoms with Crippen LogP contribution in [-0.2, 0) is 9.53 Å². The number of amides is 2. The van der Waals surface area contributed by atoms with Crippen LogP contribution in [0, 0.1) is 11.6 Å². The number of thiophene rings is 1. The molecule has 0 aliphatic rings. The van der Waals surface area contributed by atoms with E-state index in [9.17, 15) is 23.2 Å². The minimum Gasteiger partial charge on any atom is -0.452 e. The number of halogens is 2. The van der Waals surface area contributed by atoms with Gasteiger partial charge in [-0.1, -0.05) is 6.07 Å². The zero-order chi connectivity index (χ0) is 16.8. The number of hydrazine groups is 1. The second-order valence-corrected chi connectivity index (χ2v) is 5.16. The molecule has 23 heavy (non-hydrogen) atoms. The van der Waals surface area contributed by atoms with E-state index in [2.05, 4.69) is 10.2 Å². The van der Waals surface area contributed by atoms with Crippen LogP contribution in [0.4, 0.5) is 8.78 Å². The summed E-state index contributed by atoms with van der Waals surface area (Å²) in [6.45, 7) is -0.721. The number of benzene rings is 1. The Morgan fingerprint density at radius 2 is 1.78 bits per heavy atom. The Balaban J connectivity index is 1.79. The normalized spacial score (nSPS) is 10.0. The zero-order valence-corrected chi connectivity index (χ0v) is 12.3. The van der Waals surface area contributed by atoms with Gasteiger partial charge in [-0.05, 0) is 23.6 Å². The van der Waals surface area contributed by atoms with Gasteiger partial charge in [0.2, 0.25) is 0 Å². The number of rotatable bonds is 4.